The first-order chi connectivity index (χ1) is 14.3. The number of carbonyl (C=O) groups is 1. The van der Waals surface area contributed by atoms with E-state index in [1.165, 1.54) is 47.7 Å². The zero-order valence-corrected chi connectivity index (χ0v) is 17.4. The Morgan fingerprint density at radius 1 is 1.03 bits per heavy atom. The van der Waals surface area contributed by atoms with Crippen molar-refractivity contribution in [1.82, 2.24) is 4.98 Å². The van der Waals surface area contributed by atoms with Crippen LogP contribution in [0.2, 0.25) is 0 Å². The van der Waals surface area contributed by atoms with E-state index >= 15 is 0 Å². The minimum Gasteiger partial charge on any atom is -0.298 e. The lowest BCUT2D eigenvalue weighted by atomic mass is 10.2. The molecule has 30 heavy (non-hydrogen) atoms. The summed E-state index contributed by atoms with van der Waals surface area (Å²) >= 11 is 1.34. The van der Waals surface area contributed by atoms with Crippen molar-refractivity contribution in [3.8, 4) is 0 Å². The highest BCUT2D eigenvalue weighted by atomic mass is 32.2. The Balaban J connectivity index is 1.55. The molecule has 0 aliphatic rings. The predicted molar refractivity (Wildman–Crippen MR) is 116 cm³/mol. The van der Waals surface area contributed by atoms with Crippen molar-refractivity contribution in [1.29, 1.82) is 0 Å². The summed E-state index contributed by atoms with van der Waals surface area (Å²) in [5, 5.41) is 3.14. The second kappa shape index (κ2) is 7.85. The molecule has 9 heteroatoms. The van der Waals surface area contributed by atoms with Gasteiger partial charge in [-0.1, -0.05) is 23.5 Å². The van der Waals surface area contributed by atoms with Gasteiger partial charge in [0.25, 0.3) is 15.9 Å². The molecule has 4 aromatic rings. The molecule has 3 aromatic carbocycles. The molecule has 0 spiro atoms. The van der Waals surface area contributed by atoms with Gasteiger partial charge in [-0.25, -0.2) is 17.8 Å². The Morgan fingerprint density at radius 2 is 1.80 bits per heavy atom. The number of amides is 1. The van der Waals surface area contributed by atoms with E-state index in [9.17, 15) is 17.6 Å². The number of carbonyl (C=O) groups excluding carboxylic acids is 1. The molecule has 4 rings (SSSR count). The highest BCUT2D eigenvalue weighted by Crippen LogP contribution is 2.27. The minimum atomic E-state index is -3.95. The van der Waals surface area contributed by atoms with Crippen molar-refractivity contribution in [2.24, 2.45) is 0 Å². The van der Waals surface area contributed by atoms with Crippen LogP contribution in [-0.4, -0.2) is 19.3 Å². The van der Waals surface area contributed by atoms with Gasteiger partial charge in [-0.05, 0) is 67.1 Å². The highest BCUT2D eigenvalue weighted by molar-refractivity contribution is 7.92. The summed E-state index contributed by atoms with van der Waals surface area (Å²) in [5.41, 5.74) is 2.26. The Kier molecular flexibility index (Phi) is 5.23. The Hall–Kier alpha value is -3.30. The van der Waals surface area contributed by atoms with Crippen molar-refractivity contribution < 1.29 is 17.6 Å². The van der Waals surface area contributed by atoms with Crippen molar-refractivity contribution in [3.05, 3.63) is 83.7 Å². The average molecular weight is 442 g/mol. The molecule has 1 amide bonds. The van der Waals surface area contributed by atoms with Crippen LogP contribution in [0.4, 0.5) is 15.2 Å². The lowest BCUT2D eigenvalue weighted by molar-refractivity contribution is 0.102. The number of aryl methyl sites for hydroxylation is 1. The second-order valence-electron chi connectivity index (χ2n) is 6.58. The summed E-state index contributed by atoms with van der Waals surface area (Å²) in [7, 11) is -3.95. The van der Waals surface area contributed by atoms with Crippen LogP contribution in [-0.2, 0) is 10.0 Å². The topological polar surface area (TPSA) is 88.2 Å². The number of benzene rings is 3. The molecule has 0 fully saturated rings. The molecule has 0 saturated heterocycles. The summed E-state index contributed by atoms with van der Waals surface area (Å²) < 4.78 is 41.6. The number of sulfonamides is 1. The molecule has 6 nitrogen and oxygen atoms in total. The van der Waals surface area contributed by atoms with Gasteiger partial charge < -0.3 is 0 Å². The molecule has 0 aliphatic heterocycles. The Labute approximate surface area is 176 Å². The van der Waals surface area contributed by atoms with Gasteiger partial charge in [0.05, 0.1) is 15.1 Å². The Morgan fingerprint density at radius 3 is 2.57 bits per heavy atom. The van der Waals surface area contributed by atoms with Crippen LogP contribution in [0.1, 0.15) is 15.9 Å². The number of anilines is 2. The molecular weight excluding hydrogens is 425 g/mol. The van der Waals surface area contributed by atoms with Crippen molar-refractivity contribution in [2.45, 2.75) is 11.8 Å². The number of hydrogen-bond acceptors (Lipinski definition) is 5. The van der Waals surface area contributed by atoms with Gasteiger partial charge in [0.1, 0.15) is 5.82 Å². The number of fused-ring (bicyclic) bond motifs is 1. The van der Waals surface area contributed by atoms with Gasteiger partial charge in [0.2, 0.25) is 0 Å². The zero-order chi connectivity index (χ0) is 21.3. The standard InChI is InChI=1S/C21H16FN3O3S2/c1-13-5-10-18-19(11-13)29-21(23-18)24-20(26)14-3-2-4-17(12-14)30(27,28)25-16-8-6-15(22)7-9-16/h2-12,25H,1H3,(H,23,24,26). The largest absolute Gasteiger partial charge is 0.298 e. The molecular formula is C21H16FN3O3S2. The number of rotatable bonds is 5. The van der Waals surface area contributed by atoms with Crippen LogP contribution in [0, 0.1) is 12.7 Å². The highest BCUT2D eigenvalue weighted by Gasteiger charge is 2.17. The number of aromatic nitrogens is 1. The van der Waals surface area contributed by atoms with E-state index in [0.717, 1.165) is 27.9 Å². The van der Waals surface area contributed by atoms with E-state index in [1.807, 2.05) is 25.1 Å². The third-order valence-corrected chi connectivity index (χ3v) is 6.58. The van der Waals surface area contributed by atoms with Gasteiger partial charge in [-0.2, -0.15) is 0 Å². The molecule has 2 N–H and O–H groups in total. The first kappa shape index (κ1) is 20.0. The summed E-state index contributed by atoms with van der Waals surface area (Å²) in [4.78, 5) is 16.9. The maximum atomic E-state index is 13.0. The number of nitrogens with zero attached hydrogens (tertiary/aromatic N) is 1. The zero-order valence-electron chi connectivity index (χ0n) is 15.7. The summed E-state index contributed by atoms with van der Waals surface area (Å²) in [6, 6.07) is 16.4. The fourth-order valence-electron chi connectivity index (χ4n) is 2.79. The van der Waals surface area contributed by atoms with Crippen molar-refractivity contribution in [3.63, 3.8) is 0 Å². The molecule has 0 atom stereocenters. The normalized spacial score (nSPS) is 11.4. The van der Waals surface area contributed by atoms with E-state index in [-0.39, 0.29) is 16.1 Å². The van der Waals surface area contributed by atoms with E-state index in [4.69, 9.17) is 0 Å². The first-order valence-corrected chi connectivity index (χ1v) is 11.2. The fourth-order valence-corrected chi connectivity index (χ4v) is 4.85. The molecule has 0 radical (unpaired) electrons. The number of thiazole rings is 1. The van der Waals surface area contributed by atoms with Crippen LogP contribution >= 0.6 is 11.3 Å². The van der Waals surface area contributed by atoms with E-state index in [1.54, 1.807) is 0 Å². The van der Waals surface area contributed by atoms with E-state index in [2.05, 4.69) is 15.0 Å². The third kappa shape index (κ3) is 4.32. The third-order valence-electron chi connectivity index (χ3n) is 4.27. The van der Waals surface area contributed by atoms with Gasteiger partial charge in [0, 0.05) is 11.3 Å². The quantitative estimate of drug-likeness (QED) is 0.466. The SMILES string of the molecule is Cc1ccc2nc(NC(=O)c3cccc(S(=O)(=O)Nc4ccc(F)cc4)c3)sc2c1. The van der Waals surface area contributed by atoms with Crippen molar-refractivity contribution >= 4 is 48.3 Å². The minimum absolute atomic E-state index is 0.0839. The van der Waals surface area contributed by atoms with Gasteiger partial charge in [0.15, 0.2) is 5.13 Å². The fraction of sp³-hybridized carbons (Fsp3) is 0.0476. The van der Waals surface area contributed by atoms with E-state index in [0.29, 0.717) is 5.13 Å². The smallest absolute Gasteiger partial charge is 0.261 e. The maximum absolute atomic E-state index is 13.0. The summed E-state index contributed by atoms with van der Waals surface area (Å²) in [6.45, 7) is 1.98. The van der Waals surface area contributed by atoms with Gasteiger partial charge in [-0.15, -0.1) is 0 Å². The molecule has 0 unspecified atom stereocenters. The van der Waals surface area contributed by atoms with Crippen LogP contribution in [0.25, 0.3) is 10.2 Å². The van der Waals surface area contributed by atoms with Crippen LogP contribution in [0.3, 0.4) is 0 Å². The molecule has 1 heterocycles. The monoisotopic (exact) mass is 441 g/mol. The summed E-state index contributed by atoms with van der Waals surface area (Å²) in [5.74, 6) is -0.939. The molecule has 0 aliphatic carbocycles. The molecule has 1 aromatic heterocycles. The second-order valence-corrected chi connectivity index (χ2v) is 9.30. The Bertz CT molecular complexity index is 1350. The average Bonchev–Trinajstić information content (AvgIpc) is 3.11. The first-order valence-electron chi connectivity index (χ1n) is 8.87. The lowest BCUT2D eigenvalue weighted by Gasteiger charge is -2.09. The van der Waals surface area contributed by atoms with Crippen LogP contribution in [0.5, 0.6) is 0 Å². The molecule has 0 saturated carbocycles. The number of halogens is 1. The van der Waals surface area contributed by atoms with Crippen LogP contribution < -0.4 is 10.0 Å². The number of hydrogen-bond donors (Lipinski definition) is 2. The molecule has 152 valence electrons. The predicted octanol–water partition coefficient (Wildman–Crippen LogP) is 4.80. The lowest BCUT2D eigenvalue weighted by Crippen LogP contribution is -2.16. The van der Waals surface area contributed by atoms with Gasteiger partial charge >= 0.3 is 0 Å². The van der Waals surface area contributed by atoms with Crippen LogP contribution in [0.15, 0.2) is 71.6 Å². The number of nitrogens with one attached hydrogen (secondary N) is 2. The van der Waals surface area contributed by atoms with Crippen molar-refractivity contribution in [2.75, 3.05) is 10.0 Å². The van der Waals surface area contributed by atoms with Gasteiger partial charge in [-0.3, -0.25) is 14.8 Å². The maximum Gasteiger partial charge on any atom is 0.261 e. The van der Waals surface area contributed by atoms with E-state index < -0.39 is 21.7 Å². The summed E-state index contributed by atoms with van der Waals surface area (Å²) in [6.07, 6.45) is 0. The molecule has 0 bridgehead atoms.